The molecule has 0 bridgehead atoms. The first kappa shape index (κ1) is 14.3. The van der Waals surface area contributed by atoms with Crippen molar-refractivity contribution in [2.24, 2.45) is 0 Å². The fourth-order valence-electron chi connectivity index (χ4n) is 2.24. The highest BCUT2D eigenvalue weighted by Crippen LogP contribution is 2.38. The first-order valence-electron chi connectivity index (χ1n) is 6.40. The van der Waals surface area contributed by atoms with Crippen molar-refractivity contribution in [3.8, 4) is 0 Å². The maximum absolute atomic E-state index is 9.90. The monoisotopic (exact) mass is 245 g/mol. The Hall–Kier alpha value is 0.270. The van der Waals surface area contributed by atoms with E-state index in [-0.39, 0.29) is 6.04 Å². The molecule has 96 valence electrons. The van der Waals surface area contributed by atoms with Crippen LogP contribution in [0.2, 0.25) is 0 Å². The normalized spacial score (nSPS) is 23.1. The van der Waals surface area contributed by atoms with Crippen LogP contribution in [0, 0.1) is 0 Å². The van der Waals surface area contributed by atoms with Crippen LogP contribution in [0.1, 0.15) is 52.9 Å². The minimum atomic E-state index is -0.631. The Kier molecular flexibility index (Phi) is 5.14. The average molecular weight is 245 g/mol. The Bertz CT molecular complexity index is 206. The smallest absolute Gasteiger partial charge is 0.0741 e. The van der Waals surface area contributed by atoms with Crippen LogP contribution in [0.4, 0.5) is 0 Å². The van der Waals surface area contributed by atoms with E-state index < -0.39 is 5.60 Å². The van der Waals surface area contributed by atoms with E-state index in [2.05, 4.69) is 18.5 Å². The molecule has 1 atom stereocenters. The van der Waals surface area contributed by atoms with Crippen LogP contribution in [0.15, 0.2) is 0 Å². The second-order valence-corrected chi connectivity index (χ2v) is 6.98. The van der Waals surface area contributed by atoms with Gasteiger partial charge in [-0.2, -0.15) is 11.8 Å². The summed E-state index contributed by atoms with van der Waals surface area (Å²) in [7, 11) is 0. The second kappa shape index (κ2) is 5.74. The summed E-state index contributed by atoms with van der Waals surface area (Å²) in [4.78, 5) is 0. The van der Waals surface area contributed by atoms with Crippen LogP contribution in [-0.2, 0) is 0 Å². The predicted octanol–water partition coefficient (Wildman–Crippen LogP) is 2.80. The molecule has 0 heterocycles. The topological polar surface area (TPSA) is 32.3 Å². The summed E-state index contributed by atoms with van der Waals surface area (Å²) in [5.74, 6) is 0. The SMILES string of the molecule is CSC1(CNC(C)C(C)(C)O)CCCCC1. The molecular weight excluding hydrogens is 218 g/mol. The van der Waals surface area contributed by atoms with Gasteiger partial charge in [-0.3, -0.25) is 0 Å². The van der Waals surface area contributed by atoms with Crippen molar-refractivity contribution in [2.45, 2.75) is 69.3 Å². The predicted molar refractivity (Wildman–Crippen MR) is 73.1 cm³/mol. The largest absolute Gasteiger partial charge is 0.389 e. The lowest BCUT2D eigenvalue weighted by molar-refractivity contribution is 0.0430. The van der Waals surface area contributed by atoms with Crippen LogP contribution in [0.3, 0.4) is 0 Å². The van der Waals surface area contributed by atoms with Gasteiger partial charge in [0.05, 0.1) is 5.60 Å². The van der Waals surface area contributed by atoms with Gasteiger partial charge in [-0.25, -0.2) is 0 Å². The molecule has 2 nitrogen and oxygen atoms in total. The number of rotatable bonds is 5. The molecule has 1 unspecified atom stereocenters. The van der Waals surface area contributed by atoms with Gasteiger partial charge in [-0.05, 0) is 39.9 Å². The highest BCUT2D eigenvalue weighted by Gasteiger charge is 2.32. The molecule has 0 amide bonds. The van der Waals surface area contributed by atoms with Crippen LogP contribution in [0.5, 0.6) is 0 Å². The third-order valence-corrected chi connectivity index (χ3v) is 5.41. The minimum absolute atomic E-state index is 0.151. The second-order valence-electron chi connectivity index (χ2n) is 5.70. The summed E-state index contributed by atoms with van der Waals surface area (Å²) in [5, 5.41) is 13.4. The van der Waals surface area contributed by atoms with Crippen molar-refractivity contribution in [3.05, 3.63) is 0 Å². The van der Waals surface area contributed by atoms with Crippen molar-refractivity contribution in [3.63, 3.8) is 0 Å². The van der Waals surface area contributed by atoms with Crippen molar-refractivity contribution in [1.82, 2.24) is 5.32 Å². The Balaban J connectivity index is 2.45. The summed E-state index contributed by atoms with van der Waals surface area (Å²) in [6, 6.07) is 0.151. The quantitative estimate of drug-likeness (QED) is 0.781. The fraction of sp³-hybridized carbons (Fsp3) is 1.00. The summed E-state index contributed by atoms with van der Waals surface area (Å²) in [6.45, 7) is 6.84. The van der Waals surface area contributed by atoms with E-state index in [0.717, 1.165) is 6.54 Å². The number of hydrogen-bond acceptors (Lipinski definition) is 3. The van der Waals surface area contributed by atoms with Gasteiger partial charge in [0.25, 0.3) is 0 Å². The molecule has 0 spiro atoms. The van der Waals surface area contributed by atoms with Crippen LogP contribution in [-0.4, -0.2) is 34.3 Å². The summed E-state index contributed by atoms with van der Waals surface area (Å²) in [6.07, 6.45) is 8.98. The molecule has 0 radical (unpaired) electrons. The summed E-state index contributed by atoms with van der Waals surface area (Å²) in [5.41, 5.74) is -0.631. The zero-order valence-electron chi connectivity index (χ0n) is 11.2. The molecule has 1 fully saturated rings. The Morgan fingerprint density at radius 1 is 1.31 bits per heavy atom. The molecule has 16 heavy (non-hydrogen) atoms. The van der Waals surface area contributed by atoms with E-state index in [9.17, 15) is 5.11 Å². The molecule has 0 saturated heterocycles. The fourth-order valence-corrected chi connectivity index (χ4v) is 3.16. The summed E-state index contributed by atoms with van der Waals surface area (Å²) >= 11 is 2.00. The van der Waals surface area contributed by atoms with E-state index in [0.29, 0.717) is 4.75 Å². The lowest BCUT2D eigenvalue weighted by atomic mass is 9.87. The Morgan fingerprint density at radius 2 is 1.88 bits per heavy atom. The molecule has 1 rings (SSSR count). The molecule has 0 aromatic heterocycles. The Labute approximate surface area is 105 Å². The lowest BCUT2D eigenvalue weighted by Gasteiger charge is -2.38. The van der Waals surface area contributed by atoms with Crippen molar-refractivity contribution in [2.75, 3.05) is 12.8 Å². The van der Waals surface area contributed by atoms with Crippen LogP contribution >= 0.6 is 11.8 Å². The first-order chi connectivity index (χ1) is 7.40. The highest BCUT2D eigenvalue weighted by atomic mass is 32.2. The number of hydrogen-bond donors (Lipinski definition) is 2. The van der Waals surface area contributed by atoms with Gasteiger partial charge in [-0.1, -0.05) is 19.3 Å². The third-order valence-electron chi connectivity index (χ3n) is 3.99. The molecule has 1 aliphatic rings. The van der Waals surface area contributed by atoms with Crippen molar-refractivity contribution >= 4 is 11.8 Å². The third kappa shape index (κ3) is 3.94. The van der Waals surface area contributed by atoms with Gasteiger partial charge >= 0.3 is 0 Å². The maximum atomic E-state index is 9.90. The molecule has 0 aromatic carbocycles. The van der Waals surface area contributed by atoms with Gasteiger partial charge in [0.15, 0.2) is 0 Å². The van der Waals surface area contributed by atoms with Crippen molar-refractivity contribution < 1.29 is 5.11 Å². The standard InChI is InChI=1S/C13H27NOS/c1-11(12(2,3)15)14-10-13(16-4)8-6-5-7-9-13/h11,14-15H,5-10H2,1-4H3. The van der Waals surface area contributed by atoms with Gasteiger partial charge in [0.2, 0.25) is 0 Å². The lowest BCUT2D eigenvalue weighted by Crippen LogP contribution is -2.50. The van der Waals surface area contributed by atoms with Crippen molar-refractivity contribution in [1.29, 1.82) is 0 Å². The van der Waals surface area contributed by atoms with E-state index in [1.807, 2.05) is 25.6 Å². The van der Waals surface area contributed by atoms with Gasteiger partial charge < -0.3 is 10.4 Å². The van der Waals surface area contributed by atoms with E-state index in [1.54, 1.807) is 0 Å². The van der Waals surface area contributed by atoms with Crippen LogP contribution in [0.25, 0.3) is 0 Å². The molecule has 1 aliphatic carbocycles. The molecule has 2 N–H and O–H groups in total. The number of aliphatic hydroxyl groups is 1. The van der Waals surface area contributed by atoms with Gasteiger partial charge in [0, 0.05) is 17.3 Å². The van der Waals surface area contributed by atoms with E-state index in [4.69, 9.17) is 0 Å². The zero-order chi connectivity index (χ0) is 12.2. The molecule has 0 aliphatic heterocycles. The Morgan fingerprint density at radius 3 is 2.31 bits per heavy atom. The molecule has 0 aromatic rings. The van der Waals surface area contributed by atoms with Gasteiger partial charge in [0.1, 0.15) is 0 Å². The minimum Gasteiger partial charge on any atom is -0.389 e. The maximum Gasteiger partial charge on any atom is 0.0741 e. The van der Waals surface area contributed by atoms with E-state index in [1.165, 1.54) is 32.1 Å². The number of nitrogens with one attached hydrogen (secondary N) is 1. The zero-order valence-corrected chi connectivity index (χ0v) is 12.0. The highest BCUT2D eigenvalue weighted by molar-refractivity contribution is 8.00. The van der Waals surface area contributed by atoms with E-state index >= 15 is 0 Å². The molecule has 3 heteroatoms. The van der Waals surface area contributed by atoms with Gasteiger partial charge in [-0.15, -0.1) is 0 Å². The van der Waals surface area contributed by atoms with Crippen LogP contribution < -0.4 is 5.32 Å². The summed E-state index contributed by atoms with van der Waals surface area (Å²) < 4.78 is 0.414. The molecular formula is C13H27NOS. The number of thioether (sulfide) groups is 1. The first-order valence-corrected chi connectivity index (χ1v) is 7.63. The molecule has 1 saturated carbocycles. The average Bonchev–Trinajstić information content (AvgIpc) is 2.26.